The summed E-state index contributed by atoms with van der Waals surface area (Å²) in [5.41, 5.74) is 0.771. The number of carbonyl (C=O) groups excluding carboxylic acids is 1. The lowest BCUT2D eigenvalue weighted by Crippen LogP contribution is -2.36. The van der Waals surface area contributed by atoms with Gasteiger partial charge in [-0.2, -0.15) is 13.2 Å². The minimum atomic E-state index is -4.73. The van der Waals surface area contributed by atoms with Crippen LogP contribution in [0.25, 0.3) is 0 Å². The second-order valence-corrected chi connectivity index (χ2v) is 8.37. The number of carbonyl (C=O) groups is 1. The van der Waals surface area contributed by atoms with E-state index in [0.717, 1.165) is 56.0 Å². The molecular weight excluding hydrogens is 505 g/mol. The molecule has 0 spiro atoms. The van der Waals surface area contributed by atoms with Crippen molar-refractivity contribution in [2.24, 2.45) is 0 Å². The van der Waals surface area contributed by atoms with Crippen molar-refractivity contribution in [2.75, 3.05) is 80.1 Å². The molecule has 1 amide bonds. The van der Waals surface area contributed by atoms with Gasteiger partial charge in [0.25, 0.3) is 5.91 Å². The van der Waals surface area contributed by atoms with E-state index in [9.17, 15) is 18.0 Å². The van der Waals surface area contributed by atoms with Crippen LogP contribution in [0.3, 0.4) is 0 Å². The normalized spacial score (nSPS) is 15.9. The average Bonchev–Trinajstić information content (AvgIpc) is 3.46. The second-order valence-electron chi connectivity index (χ2n) is 8.37. The summed E-state index contributed by atoms with van der Waals surface area (Å²) in [4.78, 5) is 24.9. The number of pyridine rings is 2. The fourth-order valence-corrected chi connectivity index (χ4v) is 3.86. The van der Waals surface area contributed by atoms with Crippen molar-refractivity contribution in [2.45, 2.75) is 6.18 Å². The van der Waals surface area contributed by atoms with Gasteiger partial charge in [0.15, 0.2) is 0 Å². The molecule has 3 aromatic heterocycles. The van der Waals surface area contributed by atoms with Gasteiger partial charge in [-0.05, 0) is 30.3 Å². The third-order valence-electron chi connectivity index (χ3n) is 5.88. The number of anilines is 4. The number of rotatable bonds is 5. The van der Waals surface area contributed by atoms with E-state index in [2.05, 4.69) is 29.9 Å². The Morgan fingerprint density at radius 2 is 1.37 bits per heavy atom. The van der Waals surface area contributed by atoms with Gasteiger partial charge in [-0.25, -0.2) is 9.97 Å². The Labute approximate surface area is 217 Å². The number of furan rings is 1. The van der Waals surface area contributed by atoms with Crippen LogP contribution in [0.4, 0.5) is 36.2 Å². The standard InChI is InChI=1S/C15H14F3N3O3.C10H15N3O/c16-15(17,18)13-11(3-6-24-13)14(22)20-10-1-2-12(19-9-10)21-4-7-23-8-5-21;1-11-9-2-3-10(12-8-9)13-4-6-14-7-5-13/h1-3,6,9H,4-5,7-8H2,(H,20,22);2-3,8,11H,4-7H2,1H3. The van der Waals surface area contributed by atoms with Gasteiger partial charge in [0.1, 0.15) is 11.6 Å². The summed E-state index contributed by atoms with van der Waals surface area (Å²) in [5.74, 6) is -0.474. The molecule has 13 heteroatoms. The number of hydrogen-bond acceptors (Lipinski definition) is 9. The van der Waals surface area contributed by atoms with Crippen LogP contribution < -0.4 is 20.4 Å². The Bertz CT molecular complexity index is 1160. The second kappa shape index (κ2) is 12.6. The highest BCUT2D eigenvalue weighted by Gasteiger charge is 2.39. The third-order valence-corrected chi connectivity index (χ3v) is 5.88. The number of nitrogens with one attached hydrogen (secondary N) is 2. The summed E-state index contributed by atoms with van der Waals surface area (Å²) < 4.78 is 53.1. The number of amides is 1. The Hall–Kier alpha value is -3.84. The van der Waals surface area contributed by atoms with Gasteiger partial charge >= 0.3 is 6.18 Å². The van der Waals surface area contributed by atoms with Crippen LogP contribution in [-0.2, 0) is 15.7 Å². The number of alkyl halides is 3. The van der Waals surface area contributed by atoms with E-state index in [1.54, 1.807) is 12.1 Å². The molecular formula is C25H29F3N6O4. The van der Waals surface area contributed by atoms with Gasteiger partial charge in [0, 0.05) is 33.2 Å². The van der Waals surface area contributed by atoms with E-state index in [4.69, 9.17) is 9.47 Å². The largest absolute Gasteiger partial charge is 0.459 e. The highest BCUT2D eigenvalue weighted by atomic mass is 19.4. The average molecular weight is 535 g/mol. The topological polar surface area (TPSA) is 105 Å². The van der Waals surface area contributed by atoms with Gasteiger partial charge in [0.2, 0.25) is 5.76 Å². The number of halogens is 3. The zero-order chi connectivity index (χ0) is 27.0. The van der Waals surface area contributed by atoms with Crippen molar-refractivity contribution in [3.8, 4) is 0 Å². The van der Waals surface area contributed by atoms with E-state index in [1.165, 1.54) is 6.20 Å². The first-order valence-corrected chi connectivity index (χ1v) is 12.1. The minimum absolute atomic E-state index is 0.298. The summed E-state index contributed by atoms with van der Waals surface area (Å²) in [7, 11) is 1.89. The van der Waals surface area contributed by atoms with Crippen LogP contribution in [0.1, 0.15) is 16.1 Å². The molecule has 0 unspecified atom stereocenters. The van der Waals surface area contributed by atoms with Gasteiger partial charge in [-0.3, -0.25) is 4.79 Å². The summed E-state index contributed by atoms with van der Waals surface area (Å²) in [5, 5.41) is 5.43. The van der Waals surface area contributed by atoms with Crippen LogP contribution in [0.2, 0.25) is 0 Å². The van der Waals surface area contributed by atoms with Crippen molar-refractivity contribution < 1.29 is 31.9 Å². The van der Waals surface area contributed by atoms with Crippen LogP contribution in [0, 0.1) is 0 Å². The monoisotopic (exact) mass is 534 g/mol. The molecule has 10 nitrogen and oxygen atoms in total. The summed E-state index contributed by atoms with van der Waals surface area (Å²) in [6.45, 7) is 6.12. The maximum absolute atomic E-state index is 12.7. The molecule has 0 radical (unpaired) electrons. The molecule has 2 aliphatic heterocycles. The first-order chi connectivity index (χ1) is 18.3. The number of hydrogen-bond donors (Lipinski definition) is 2. The maximum atomic E-state index is 12.7. The van der Waals surface area contributed by atoms with E-state index in [1.807, 2.05) is 30.3 Å². The highest BCUT2D eigenvalue weighted by molar-refractivity contribution is 6.05. The molecule has 2 N–H and O–H groups in total. The quantitative estimate of drug-likeness (QED) is 0.507. The summed E-state index contributed by atoms with van der Waals surface area (Å²) >= 11 is 0. The zero-order valence-electron chi connectivity index (χ0n) is 20.8. The number of aromatic nitrogens is 2. The van der Waals surface area contributed by atoms with Gasteiger partial charge in [0.05, 0.1) is 62.0 Å². The first kappa shape index (κ1) is 27.2. The Morgan fingerprint density at radius 3 is 1.82 bits per heavy atom. The predicted octanol–water partition coefficient (Wildman–Crippen LogP) is 3.74. The van der Waals surface area contributed by atoms with E-state index in [-0.39, 0.29) is 0 Å². The zero-order valence-corrected chi connectivity index (χ0v) is 20.8. The predicted molar refractivity (Wildman–Crippen MR) is 136 cm³/mol. The molecule has 5 heterocycles. The van der Waals surface area contributed by atoms with E-state index >= 15 is 0 Å². The fraction of sp³-hybridized carbons (Fsp3) is 0.400. The van der Waals surface area contributed by atoms with Gasteiger partial charge in [-0.1, -0.05) is 0 Å². The van der Waals surface area contributed by atoms with Crippen LogP contribution in [0.5, 0.6) is 0 Å². The molecule has 3 aromatic rings. The van der Waals surface area contributed by atoms with Crippen molar-refractivity contribution in [3.05, 3.63) is 60.3 Å². The van der Waals surface area contributed by atoms with E-state index < -0.39 is 23.4 Å². The molecule has 2 aliphatic rings. The molecule has 204 valence electrons. The lowest BCUT2D eigenvalue weighted by Gasteiger charge is -2.27. The lowest BCUT2D eigenvalue weighted by molar-refractivity contribution is -0.153. The SMILES string of the molecule is CNc1ccc(N2CCOCC2)nc1.O=C(Nc1ccc(N2CCOCC2)nc1)c1ccoc1C(F)(F)F. The van der Waals surface area contributed by atoms with Crippen molar-refractivity contribution in [3.63, 3.8) is 0 Å². The molecule has 5 rings (SSSR count). The summed E-state index contributed by atoms with van der Waals surface area (Å²) in [6, 6.07) is 8.34. The molecule has 0 aliphatic carbocycles. The number of ether oxygens (including phenoxy) is 2. The molecule has 38 heavy (non-hydrogen) atoms. The Morgan fingerprint density at radius 1 is 0.842 bits per heavy atom. The van der Waals surface area contributed by atoms with Crippen molar-refractivity contribution in [1.82, 2.24) is 9.97 Å². The molecule has 2 fully saturated rings. The lowest BCUT2D eigenvalue weighted by atomic mass is 10.2. The van der Waals surface area contributed by atoms with Crippen LogP contribution >= 0.6 is 0 Å². The molecule has 0 bridgehead atoms. The third kappa shape index (κ3) is 7.13. The van der Waals surface area contributed by atoms with Gasteiger partial charge in [-0.15, -0.1) is 0 Å². The maximum Gasteiger partial charge on any atom is 0.450 e. The van der Waals surface area contributed by atoms with Crippen molar-refractivity contribution >= 4 is 28.9 Å². The smallest absolute Gasteiger partial charge is 0.450 e. The minimum Gasteiger partial charge on any atom is -0.459 e. The molecule has 0 aromatic carbocycles. The highest BCUT2D eigenvalue weighted by Crippen LogP contribution is 2.33. The molecule has 2 saturated heterocycles. The number of nitrogens with zero attached hydrogens (tertiary/aromatic N) is 4. The first-order valence-electron chi connectivity index (χ1n) is 12.1. The Balaban J connectivity index is 0.000000204. The van der Waals surface area contributed by atoms with Crippen LogP contribution in [0.15, 0.2) is 53.4 Å². The Kier molecular flexibility index (Phi) is 9.02. The van der Waals surface area contributed by atoms with Crippen LogP contribution in [-0.4, -0.2) is 75.5 Å². The van der Waals surface area contributed by atoms with Crippen molar-refractivity contribution in [1.29, 1.82) is 0 Å². The molecule has 0 atom stereocenters. The fourth-order valence-electron chi connectivity index (χ4n) is 3.86. The van der Waals surface area contributed by atoms with Gasteiger partial charge < -0.3 is 34.3 Å². The summed E-state index contributed by atoms with van der Waals surface area (Å²) in [6.07, 6.45) is -0.646. The van der Waals surface area contributed by atoms with E-state index in [0.29, 0.717) is 32.0 Å². The molecule has 0 saturated carbocycles. The number of morpholine rings is 2.